The second kappa shape index (κ2) is 10.1. The van der Waals surface area contributed by atoms with Crippen molar-refractivity contribution in [2.45, 2.75) is 19.5 Å². The molecule has 1 atom stereocenters. The van der Waals surface area contributed by atoms with Crippen molar-refractivity contribution >= 4 is 33.2 Å². The number of anilines is 1. The molecule has 3 aromatic rings. The van der Waals surface area contributed by atoms with Crippen molar-refractivity contribution in [1.29, 1.82) is 0 Å². The van der Waals surface area contributed by atoms with Crippen LogP contribution >= 0.6 is 11.6 Å². The molecule has 6 nitrogen and oxygen atoms in total. The van der Waals surface area contributed by atoms with Crippen molar-refractivity contribution in [2.75, 3.05) is 17.7 Å². The highest BCUT2D eigenvalue weighted by Gasteiger charge is 2.19. The van der Waals surface area contributed by atoms with E-state index in [1.807, 2.05) is 31.2 Å². The Kier molecular flexibility index (Phi) is 7.43. The van der Waals surface area contributed by atoms with Crippen molar-refractivity contribution in [2.24, 2.45) is 0 Å². The molecular formula is C24H25ClN2O4S. The van der Waals surface area contributed by atoms with E-state index in [0.29, 0.717) is 16.3 Å². The van der Waals surface area contributed by atoms with Gasteiger partial charge < -0.3 is 10.1 Å². The Morgan fingerprint density at radius 2 is 1.59 bits per heavy atom. The quantitative estimate of drug-likeness (QED) is 0.510. The summed E-state index contributed by atoms with van der Waals surface area (Å²) in [5.41, 5.74) is 2.66. The Morgan fingerprint density at radius 1 is 1.00 bits per heavy atom. The second-order valence-corrected chi connectivity index (χ2v) is 9.75. The molecular weight excluding hydrogens is 448 g/mol. The van der Waals surface area contributed by atoms with Crippen LogP contribution in [0.4, 0.5) is 5.69 Å². The van der Waals surface area contributed by atoms with Crippen molar-refractivity contribution in [3.63, 3.8) is 0 Å². The number of halogens is 1. The smallest absolute Gasteiger partial charge is 0.251 e. The minimum atomic E-state index is -3.53. The Bertz CT molecular complexity index is 1160. The first-order valence-electron chi connectivity index (χ1n) is 9.94. The Balaban J connectivity index is 1.73. The third-order valence-electron chi connectivity index (χ3n) is 5.02. The maximum atomic E-state index is 12.7. The van der Waals surface area contributed by atoms with Crippen LogP contribution < -0.4 is 14.4 Å². The van der Waals surface area contributed by atoms with Crippen LogP contribution in [0.3, 0.4) is 0 Å². The van der Waals surface area contributed by atoms with Crippen molar-refractivity contribution in [1.82, 2.24) is 5.32 Å². The van der Waals surface area contributed by atoms with Gasteiger partial charge in [0.25, 0.3) is 5.91 Å². The highest BCUT2D eigenvalue weighted by atomic mass is 35.5. The molecule has 168 valence electrons. The van der Waals surface area contributed by atoms with Gasteiger partial charge in [-0.15, -0.1) is 0 Å². The third kappa shape index (κ3) is 6.02. The molecule has 0 radical (unpaired) electrons. The van der Waals surface area contributed by atoms with Gasteiger partial charge in [-0.3, -0.25) is 9.10 Å². The average molecular weight is 473 g/mol. The monoisotopic (exact) mass is 472 g/mol. The number of methoxy groups -OCH3 is 1. The van der Waals surface area contributed by atoms with E-state index in [1.54, 1.807) is 55.6 Å². The number of amides is 1. The molecule has 0 saturated carbocycles. The maximum absolute atomic E-state index is 12.7. The molecule has 0 aliphatic carbocycles. The SMILES string of the molecule is COc1ccc(C(C)NC(=O)c2ccc(N(Cc3ccc(Cl)cc3)S(C)(=O)=O)cc2)cc1. The third-order valence-corrected chi connectivity index (χ3v) is 6.41. The zero-order valence-corrected chi connectivity index (χ0v) is 19.7. The number of ether oxygens (including phenoxy) is 1. The first kappa shape index (κ1) is 23.6. The fourth-order valence-electron chi connectivity index (χ4n) is 3.19. The number of carbonyl (C=O) groups is 1. The van der Waals surface area contributed by atoms with Crippen LogP contribution in [0.2, 0.25) is 5.02 Å². The fourth-order valence-corrected chi connectivity index (χ4v) is 4.20. The largest absolute Gasteiger partial charge is 0.497 e. The summed E-state index contributed by atoms with van der Waals surface area (Å²) in [7, 11) is -1.93. The van der Waals surface area contributed by atoms with Gasteiger partial charge in [0.2, 0.25) is 10.0 Å². The lowest BCUT2D eigenvalue weighted by atomic mass is 10.1. The van der Waals surface area contributed by atoms with Crippen LogP contribution in [0.15, 0.2) is 72.8 Å². The van der Waals surface area contributed by atoms with E-state index >= 15 is 0 Å². The minimum absolute atomic E-state index is 0.163. The molecule has 1 unspecified atom stereocenters. The molecule has 1 N–H and O–H groups in total. The fraction of sp³-hybridized carbons (Fsp3) is 0.208. The lowest BCUT2D eigenvalue weighted by Gasteiger charge is -2.23. The second-order valence-electron chi connectivity index (χ2n) is 7.41. The molecule has 32 heavy (non-hydrogen) atoms. The Labute approximate surface area is 193 Å². The van der Waals surface area contributed by atoms with Crippen LogP contribution in [0.1, 0.15) is 34.5 Å². The van der Waals surface area contributed by atoms with Crippen LogP contribution in [0.25, 0.3) is 0 Å². The van der Waals surface area contributed by atoms with Gasteiger partial charge in [-0.05, 0) is 66.6 Å². The number of nitrogens with zero attached hydrogens (tertiary/aromatic N) is 1. The van der Waals surface area contributed by atoms with Gasteiger partial charge in [-0.25, -0.2) is 8.42 Å². The molecule has 0 bridgehead atoms. The van der Waals surface area contributed by atoms with Crippen LogP contribution in [-0.4, -0.2) is 27.7 Å². The van der Waals surface area contributed by atoms with Crippen LogP contribution in [0, 0.1) is 0 Å². The predicted octanol–water partition coefficient (Wildman–Crippen LogP) is 4.81. The van der Waals surface area contributed by atoms with E-state index in [2.05, 4.69) is 5.32 Å². The van der Waals surface area contributed by atoms with Gasteiger partial charge in [-0.1, -0.05) is 35.9 Å². The van der Waals surface area contributed by atoms with E-state index in [-0.39, 0.29) is 18.5 Å². The van der Waals surface area contributed by atoms with Gasteiger partial charge in [0.05, 0.1) is 31.6 Å². The molecule has 8 heteroatoms. The zero-order chi connectivity index (χ0) is 23.3. The lowest BCUT2D eigenvalue weighted by molar-refractivity contribution is 0.0940. The maximum Gasteiger partial charge on any atom is 0.251 e. The summed E-state index contributed by atoms with van der Waals surface area (Å²) < 4.78 is 31.2. The number of hydrogen-bond acceptors (Lipinski definition) is 4. The number of hydrogen-bond donors (Lipinski definition) is 1. The summed E-state index contributed by atoms with van der Waals surface area (Å²) in [6, 6.07) is 20.8. The number of benzene rings is 3. The molecule has 1 amide bonds. The van der Waals surface area contributed by atoms with Gasteiger partial charge >= 0.3 is 0 Å². The number of sulfonamides is 1. The summed E-state index contributed by atoms with van der Waals surface area (Å²) in [5, 5.41) is 3.53. The van der Waals surface area contributed by atoms with E-state index in [4.69, 9.17) is 16.3 Å². The summed E-state index contributed by atoms with van der Waals surface area (Å²) in [5.74, 6) is 0.500. The molecule has 0 fully saturated rings. The highest BCUT2D eigenvalue weighted by molar-refractivity contribution is 7.92. The molecule has 0 aliphatic rings. The van der Waals surface area contributed by atoms with Crippen LogP contribution in [0.5, 0.6) is 5.75 Å². The number of carbonyl (C=O) groups excluding carboxylic acids is 1. The molecule has 0 aliphatic heterocycles. The molecule has 3 aromatic carbocycles. The minimum Gasteiger partial charge on any atom is -0.497 e. The van der Waals surface area contributed by atoms with E-state index in [9.17, 15) is 13.2 Å². The van der Waals surface area contributed by atoms with Crippen molar-refractivity contribution in [3.05, 3.63) is 94.5 Å². The first-order valence-corrected chi connectivity index (χ1v) is 12.2. The summed E-state index contributed by atoms with van der Waals surface area (Å²) in [4.78, 5) is 12.7. The summed E-state index contributed by atoms with van der Waals surface area (Å²) in [6.07, 6.45) is 1.15. The van der Waals surface area contributed by atoms with Crippen LogP contribution in [-0.2, 0) is 16.6 Å². The number of rotatable bonds is 8. The van der Waals surface area contributed by atoms with Gasteiger partial charge in [0, 0.05) is 10.6 Å². The molecule has 0 heterocycles. The average Bonchev–Trinajstić information content (AvgIpc) is 2.78. The van der Waals surface area contributed by atoms with Gasteiger partial charge in [0.15, 0.2) is 0 Å². The topological polar surface area (TPSA) is 75.7 Å². The summed E-state index contributed by atoms with van der Waals surface area (Å²) in [6.45, 7) is 2.06. The first-order chi connectivity index (χ1) is 15.2. The standard InChI is InChI=1S/C24H25ClN2O4S/c1-17(19-8-14-23(31-2)15-9-19)26-24(28)20-6-12-22(13-7-20)27(32(3,29)30)16-18-4-10-21(25)11-5-18/h4-15,17H,16H2,1-3H3,(H,26,28). The highest BCUT2D eigenvalue weighted by Crippen LogP contribution is 2.23. The normalized spacial score (nSPS) is 12.1. The predicted molar refractivity (Wildman–Crippen MR) is 128 cm³/mol. The molecule has 0 saturated heterocycles. The van der Waals surface area contributed by atoms with E-state index < -0.39 is 10.0 Å². The van der Waals surface area contributed by atoms with Crippen molar-refractivity contribution in [3.8, 4) is 5.75 Å². The number of nitrogens with one attached hydrogen (secondary N) is 1. The summed E-state index contributed by atoms with van der Waals surface area (Å²) >= 11 is 5.92. The zero-order valence-electron chi connectivity index (χ0n) is 18.1. The lowest BCUT2D eigenvalue weighted by Crippen LogP contribution is -2.29. The van der Waals surface area contributed by atoms with E-state index in [1.165, 1.54) is 4.31 Å². The van der Waals surface area contributed by atoms with E-state index in [0.717, 1.165) is 23.1 Å². The van der Waals surface area contributed by atoms with Crippen molar-refractivity contribution < 1.29 is 17.9 Å². The molecule has 0 spiro atoms. The molecule has 3 rings (SSSR count). The van der Waals surface area contributed by atoms with Gasteiger partial charge in [-0.2, -0.15) is 0 Å². The Morgan fingerprint density at radius 3 is 2.12 bits per heavy atom. The van der Waals surface area contributed by atoms with Gasteiger partial charge in [0.1, 0.15) is 5.75 Å². The Hall–Kier alpha value is -3.03. The molecule has 0 aromatic heterocycles.